The van der Waals surface area contributed by atoms with E-state index in [2.05, 4.69) is 32.6 Å². The van der Waals surface area contributed by atoms with Crippen LogP contribution in [0.15, 0.2) is 42.6 Å². The highest BCUT2D eigenvalue weighted by Gasteiger charge is 2.18. The van der Waals surface area contributed by atoms with Gasteiger partial charge in [-0.1, -0.05) is 11.6 Å². The third kappa shape index (κ3) is 6.27. The van der Waals surface area contributed by atoms with Crippen LogP contribution in [0.4, 0.5) is 25.0 Å². The van der Waals surface area contributed by atoms with Crippen molar-refractivity contribution in [3.05, 3.63) is 59.3 Å². The molecule has 1 aliphatic rings. The average molecular weight is 505 g/mol. The monoisotopic (exact) mass is 504 g/mol. The van der Waals surface area contributed by atoms with E-state index in [-0.39, 0.29) is 5.69 Å². The summed E-state index contributed by atoms with van der Waals surface area (Å²) < 4.78 is 34.7. The fraction of sp³-hybridized carbons (Fsp3) is 0.333. The molecule has 0 unspecified atom stereocenters. The first-order valence-electron chi connectivity index (χ1n) is 11.2. The molecule has 1 aromatic heterocycles. The fourth-order valence-corrected chi connectivity index (χ4v) is 4.13. The van der Waals surface area contributed by atoms with Crippen molar-refractivity contribution in [1.29, 1.82) is 0 Å². The number of amides is 2. The molecule has 0 bridgehead atoms. The third-order valence-electron chi connectivity index (χ3n) is 5.83. The van der Waals surface area contributed by atoms with E-state index in [4.69, 9.17) is 16.3 Å². The second kappa shape index (κ2) is 11.0. The van der Waals surface area contributed by atoms with Crippen LogP contribution in [0.1, 0.15) is 0 Å². The summed E-state index contributed by atoms with van der Waals surface area (Å²) in [5.41, 5.74) is 1.58. The van der Waals surface area contributed by atoms with Gasteiger partial charge in [0.15, 0.2) is 0 Å². The Hall–Kier alpha value is -3.21. The Kier molecular flexibility index (Phi) is 7.84. The molecule has 0 atom stereocenters. The minimum absolute atomic E-state index is 0.136. The molecule has 0 aliphatic carbocycles. The van der Waals surface area contributed by atoms with Gasteiger partial charge in [-0.25, -0.2) is 13.6 Å². The van der Waals surface area contributed by atoms with Gasteiger partial charge >= 0.3 is 6.03 Å². The normalized spacial score (nSPS) is 14.7. The number of likely N-dealkylation sites (N-methyl/N-ethyl adjacent to an activating group) is 1. The average Bonchev–Trinajstić information content (AvgIpc) is 3.15. The van der Waals surface area contributed by atoms with E-state index >= 15 is 0 Å². The second-order valence-corrected chi connectivity index (χ2v) is 8.78. The summed E-state index contributed by atoms with van der Waals surface area (Å²) in [6.45, 7) is 5.32. The topological polar surface area (TPSA) is 74.7 Å². The van der Waals surface area contributed by atoms with Gasteiger partial charge in [-0.15, -0.1) is 0 Å². The summed E-state index contributed by atoms with van der Waals surface area (Å²) in [5, 5.41) is 9.68. The number of halogens is 3. The maximum atomic E-state index is 13.9. The highest BCUT2D eigenvalue weighted by atomic mass is 35.5. The van der Waals surface area contributed by atoms with Gasteiger partial charge in [-0.2, -0.15) is 5.10 Å². The lowest BCUT2D eigenvalue weighted by molar-refractivity contribution is 0.134. The molecule has 8 nitrogen and oxygen atoms in total. The Morgan fingerprint density at radius 1 is 1.09 bits per heavy atom. The van der Waals surface area contributed by atoms with Crippen LogP contribution in [0, 0.1) is 11.6 Å². The largest absolute Gasteiger partial charge is 0.492 e. The van der Waals surface area contributed by atoms with Crippen LogP contribution in [0.3, 0.4) is 0 Å². The Balaban J connectivity index is 1.49. The van der Waals surface area contributed by atoms with E-state index in [0.717, 1.165) is 44.9 Å². The Bertz CT molecular complexity index is 1180. The molecule has 1 aliphatic heterocycles. The number of anilines is 2. The number of aromatic nitrogens is 2. The number of hydrogen-bond acceptors (Lipinski definition) is 5. The lowest BCUT2D eigenvalue weighted by Gasteiger charge is -2.32. The smallest absolute Gasteiger partial charge is 0.323 e. The number of benzene rings is 2. The standard InChI is InChI=1S/C24H27ClF2N6O2/c1-31-7-9-33(10-8-31)11-12-35-22-6-4-17(14-18(22)23-19(25)15-28-32(23)2)29-24(34)30-21-5-3-16(26)13-20(21)27/h3-6,13-15H,7-12H2,1-2H3,(H2,29,30,34). The second-order valence-electron chi connectivity index (χ2n) is 8.37. The van der Waals surface area contributed by atoms with Crippen molar-refractivity contribution in [3.8, 4) is 17.0 Å². The predicted octanol–water partition coefficient (Wildman–Crippen LogP) is 4.29. The number of nitrogens with one attached hydrogen (secondary N) is 2. The molecule has 2 heterocycles. The first-order valence-corrected chi connectivity index (χ1v) is 11.6. The van der Waals surface area contributed by atoms with E-state index in [0.29, 0.717) is 40.4 Å². The van der Waals surface area contributed by atoms with Crippen LogP contribution in [-0.4, -0.2) is 72.0 Å². The Morgan fingerprint density at radius 3 is 2.54 bits per heavy atom. The van der Waals surface area contributed by atoms with Gasteiger partial charge in [0.1, 0.15) is 24.0 Å². The molecule has 0 saturated carbocycles. The molecule has 4 rings (SSSR count). The highest BCUT2D eigenvalue weighted by molar-refractivity contribution is 6.33. The molecular formula is C24H27ClF2N6O2. The van der Waals surface area contributed by atoms with Crippen LogP contribution in [0.25, 0.3) is 11.3 Å². The van der Waals surface area contributed by atoms with Gasteiger partial charge in [-0.3, -0.25) is 9.58 Å². The summed E-state index contributed by atoms with van der Waals surface area (Å²) in [7, 11) is 3.88. The van der Waals surface area contributed by atoms with E-state index in [1.54, 1.807) is 29.9 Å². The first kappa shape index (κ1) is 24.9. The van der Waals surface area contributed by atoms with Crippen molar-refractivity contribution < 1.29 is 18.3 Å². The number of carbonyl (C=O) groups excluding carboxylic acids is 1. The molecule has 1 fully saturated rings. The zero-order valence-corrected chi connectivity index (χ0v) is 20.3. The van der Waals surface area contributed by atoms with Crippen molar-refractivity contribution in [2.24, 2.45) is 7.05 Å². The number of urea groups is 1. The molecule has 0 spiro atoms. The zero-order valence-electron chi connectivity index (χ0n) is 19.5. The SMILES string of the molecule is CN1CCN(CCOc2ccc(NC(=O)Nc3ccc(F)cc3F)cc2-c2c(Cl)cnn2C)CC1. The molecular weight excluding hydrogens is 478 g/mol. The first-order chi connectivity index (χ1) is 16.8. The van der Waals surface area contributed by atoms with Gasteiger partial charge < -0.3 is 20.3 Å². The molecule has 0 radical (unpaired) electrons. The van der Waals surface area contributed by atoms with Crippen molar-refractivity contribution in [2.45, 2.75) is 0 Å². The van der Waals surface area contributed by atoms with Crippen LogP contribution in [0.2, 0.25) is 5.02 Å². The molecule has 1 saturated heterocycles. The quantitative estimate of drug-likeness (QED) is 0.502. The van der Waals surface area contributed by atoms with E-state index < -0.39 is 17.7 Å². The van der Waals surface area contributed by atoms with Gasteiger partial charge in [0, 0.05) is 57.1 Å². The minimum Gasteiger partial charge on any atom is -0.492 e. The Labute approximate surface area is 207 Å². The summed E-state index contributed by atoms with van der Waals surface area (Å²) in [6.07, 6.45) is 1.54. The van der Waals surface area contributed by atoms with E-state index in [1.165, 1.54) is 6.20 Å². The molecule has 2 amide bonds. The number of piperazine rings is 1. The number of hydrogen-bond donors (Lipinski definition) is 2. The number of ether oxygens (including phenoxy) is 1. The van der Waals surface area contributed by atoms with Crippen LogP contribution < -0.4 is 15.4 Å². The van der Waals surface area contributed by atoms with Crippen molar-refractivity contribution in [2.75, 3.05) is 57.0 Å². The van der Waals surface area contributed by atoms with Gasteiger partial charge in [0.25, 0.3) is 0 Å². The van der Waals surface area contributed by atoms with Gasteiger partial charge in [0.2, 0.25) is 0 Å². The minimum atomic E-state index is -0.869. The highest BCUT2D eigenvalue weighted by Crippen LogP contribution is 2.36. The molecule has 2 N–H and O–H groups in total. The van der Waals surface area contributed by atoms with Crippen LogP contribution >= 0.6 is 11.6 Å². The molecule has 35 heavy (non-hydrogen) atoms. The summed E-state index contributed by atoms with van der Waals surface area (Å²) in [4.78, 5) is 17.1. The number of rotatable bonds is 7. The number of carbonyl (C=O) groups is 1. The zero-order chi connectivity index (χ0) is 24.9. The van der Waals surface area contributed by atoms with Gasteiger partial charge in [0.05, 0.1) is 22.6 Å². The predicted molar refractivity (Wildman–Crippen MR) is 132 cm³/mol. The molecule has 11 heteroatoms. The fourth-order valence-electron chi connectivity index (χ4n) is 3.86. The maximum absolute atomic E-state index is 13.9. The van der Waals surface area contributed by atoms with Crippen molar-refractivity contribution >= 4 is 29.0 Å². The molecule has 186 valence electrons. The summed E-state index contributed by atoms with van der Waals surface area (Å²) in [6, 6.07) is 7.39. The third-order valence-corrected chi connectivity index (χ3v) is 6.10. The lowest BCUT2D eigenvalue weighted by atomic mass is 10.1. The van der Waals surface area contributed by atoms with Crippen molar-refractivity contribution in [3.63, 3.8) is 0 Å². The van der Waals surface area contributed by atoms with Gasteiger partial charge in [-0.05, 0) is 37.4 Å². The van der Waals surface area contributed by atoms with Crippen LogP contribution in [-0.2, 0) is 7.05 Å². The lowest BCUT2D eigenvalue weighted by Crippen LogP contribution is -2.45. The number of aryl methyl sites for hydroxylation is 1. The van der Waals surface area contributed by atoms with Crippen LogP contribution in [0.5, 0.6) is 5.75 Å². The Morgan fingerprint density at radius 2 is 1.86 bits per heavy atom. The molecule has 3 aromatic rings. The number of nitrogens with zero attached hydrogens (tertiary/aromatic N) is 4. The maximum Gasteiger partial charge on any atom is 0.323 e. The van der Waals surface area contributed by atoms with E-state index in [9.17, 15) is 13.6 Å². The summed E-state index contributed by atoms with van der Waals surface area (Å²) in [5.74, 6) is -0.999. The van der Waals surface area contributed by atoms with E-state index in [1.807, 2.05) is 0 Å². The summed E-state index contributed by atoms with van der Waals surface area (Å²) >= 11 is 6.39. The molecule has 2 aromatic carbocycles. The van der Waals surface area contributed by atoms with Crippen molar-refractivity contribution in [1.82, 2.24) is 19.6 Å².